The number of alkyl halides is 1. The van der Waals surface area contributed by atoms with Gasteiger partial charge in [0, 0.05) is 18.5 Å². The lowest BCUT2D eigenvalue weighted by Gasteiger charge is -2.19. The van der Waals surface area contributed by atoms with Crippen LogP contribution >= 0.6 is 22.9 Å². The minimum atomic E-state index is 0.208. The largest absolute Gasteiger partial charge is 0.342 e. The molecule has 1 unspecified atom stereocenters. The molecule has 2 rings (SSSR count). The number of nitrogens with zero attached hydrogens (tertiary/aromatic N) is 2. The molecule has 1 saturated heterocycles. The van der Waals surface area contributed by atoms with E-state index in [1.165, 1.54) is 17.8 Å². The van der Waals surface area contributed by atoms with Crippen LogP contribution in [-0.2, 0) is 17.1 Å². The molecule has 1 fully saturated rings. The van der Waals surface area contributed by atoms with E-state index in [1.807, 2.05) is 10.3 Å². The highest BCUT2D eigenvalue weighted by molar-refractivity contribution is 7.09. The van der Waals surface area contributed by atoms with E-state index < -0.39 is 0 Å². The van der Waals surface area contributed by atoms with E-state index in [0.717, 1.165) is 42.6 Å². The number of aromatic nitrogens is 1. The normalized spacial score (nSPS) is 20.8. The van der Waals surface area contributed by atoms with Crippen molar-refractivity contribution in [1.82, 2.24) is 9.88 Å². The maximum absolute atomic E-state index is 12.2. The molecule has 100 valence electrons. The number of amides is 1. The van der Waals surface area contributed by atoms with Crippen molar-refractivity contribution in [2.45, 2.75) is 38.5 Å². The van der Waals surface area contributed by atoms with Gasteiger partial charge in [-0.15, -0.1) is 22.9 Å². The number of carbonyl (C=O) groups excluding carboxylic acids is 1. The van der Waals surface area contributed by atoms with Gasteiger partial charge in [0.15, 0.2) is 0 Å². The Balaban J connectivity index is 1.90. The second-order valence-electron chi connectivity index (χ2n) is 4.96. The molecular formula is C13H19ClN2OS. The zero-order valence-corrected chi connectivity index (χ0v) is 12.3. The minimum Gasteiger partial charge on any atom is -0.342 e. The van der Waals surface area contributed by atoms with Crippen LogP contribution < -0.4 is 0 Å². The molecule has 5 heteroatoms. The lowest BCUT2D eigenvalue weighted by atomic mass is 10.0. The molecule has 0 radical (unpaired) electrons. The fraction of sp³-hybridized carbons (Fsp3) is 0.692. The fourth-order valence-corrected chi connectivity index (χ4v) is 3.26. The Morgan fingerprint density at radius 2 is 2.39 bits per heavy atom. The Morgan fingerprint density at radius 1 is 1.56 bits per heavy atom. The predicted octanol–water partition coefficient (Wildman–Crippen LogP) is 3.07. The van der Waals surface area contributed by atoms with Gasteiger partial charge in [0.25, 0.3) is 0 Å². The van der Waals surface area contributed by atoms with Gasteiger partial charge in [0.05, 0.1) is 18.0 Å². The Hall–Kier alpha value is -0.610. The summed E-state index contributed by atoms with van der Waals surface area (Å²) < 4.78 is 0. The topological polar surface area (TPSA) is 33.2 Å². The Kier molecular flexibility index (Phi) is 5.01. The van der Waals surface area contributed by atoms with Crippen molar-refractivity contribution in [2.24, 2.45) is 5.92 Å². The summed E-state index contributed by atoms with van der Waals surface area (Å²) in [5.74, 6) is 1.37. The van der Waals surface area contributed by atoms with Gasteiger partial charge in [0.2, 0.25) is 5.91 Å². The maximum Gasteiger partial charge on any atom is 0.229 e. The second kappa shape index (κ2) is 6.53. The molecule has 0 bridgehead atoms. The third-order valence-electron chi connectivity index (χ3n) is 3.41. The average molecular weight is 287 g/mol. The van der Waals surface area contributed by atoms with Gasteiger partial charge in [-0.25, -0.2) is 4.98 Å². The number of carbonyl (C=O) groups is 1. The summed E-state index contributed by atoms with van der Waals surface area (Å²) in [6.07, 6.45) is 3.90. The molecule has 1 aromatic heterocycles. The second-order valence-corrected chi connectivity index (χ2v) is 6.17. The van der Waals surface area contributed by atoms with E-state index in [0.29, 0.717) is 12.3 Å². The van der Waals surface area contributed by atoms with Crippen LogP contribution in [0, 0.1) is 5.92 Å². The summed E-state index contributed by atoms with van der Waals surface area (Å²) >= 11 is 7.24. The molecule has 18 heavy (non-hydrogen) atoms. The molecule has 1 aliphatic rings. The molecule has 0 N–H and O–H groups in total. The quantitative estimate of drug-likeness (QED) is 0.800. The van der Waals surface area contributed by atoms with E-state index in [2.05, 4.69) is 11.9 Å². The van der Waals surface area contributed by atoms with E-state index in [-0.39, 0.29) is 5.91 Å². The molecule has 1 aromatic rings. The highest BCUT2D eigenvalue weighted by atomic mass is 35.5. The summed E-state index contributed by atoms with van der Waals surface area (Å²) in [6.45, 7) is 4.06. The van der Waals surface area contributed by atoms with E-state index in [4.69, 9.17) is 11.6 Å². The van der Waals surface area contributed by atoms with Crippen LogP contribution in [0.3, 0.4) is 0 Å². The minimum absolute atomic E-state index is 0.208. The van der Waals surface area contributed by atoms with Gasteiger partial charge in [-0.1, -0.05) is 6.92 Å². The smallest absolute Gasteiger partial charge is 0.229 e. The first-order valence-electron chi connectivity index (χ1n) is 6.46. The highest BCUT2D eigenvalue weighted by Crippen LogP contribution is 2.18. The summed E-state index contributed by atoms with van der Waals surface area (Å²) in [7, 11) is 0. The van der Waals surface area contributed by atoms with Crippen LogP contribution in [0.25, 0.3) is 0 Å². The van der Waals surface area contributed by atoms with Crippen LogP contribution in [-0.4, -0.2) is 28.9 Å². The van der Waals surface area contributed by atoms with Gasteiger partial charge in [-0.2, -0.15) is 0 Å². The zero-order chi connectivity index (χ0) is 13.0. The summed E-state index contributed by atoms with van der Waals surface area (Å²) in [4.78, 5) is 18.5. The Labute approximate surface area is 117 Å². The average Bonchev–Trinajstić information content (AvgIpc) is 2.69. The van der Waals surface area contributed by atoms with Crippen molar-refractivity contribution in [3.63, 3.8) is 0 Å². The number of thiazole rings is 1. The first kappa shape index (κ1) is 13.8. The number of halogens is 1. The lowest BCUT2D eigenvalue weighted by Crippen LogP contribution is -2.33. The molecule has 2 heterocycles. The number of rotatable bonds is 3. The lowest BCUT2D eigenvalue weighted by molar-refractivity contribution is -0.130. The van der Waals surface area contributed by atoms with Crippen LogP contribution in [0.2, 0.25) is 0 Å². The van der Waals surface area contributed by atoms with Crippen molar-refractivity contribution < 1.29 is 4.79 Å². The van der Waals surface area contributed by atoms with Crippen LogP contribution in [0.4, 0.5) is 0 Å². The molecule has 3 nitrogen and oxygen atoms in total. The van der Waals surface area contributed by atoms with E-state index in [1.54, 1.807) is 0 Å². The first-order valence-corrected chi connectivity index (χ1v) is 7.87. The standard InChI is InChI=1S/C13H19ClN2OS/c1-10-3-2-5-16(6-4-10)13(17)7-12-15-11(8-14)9-18-12/h9-10H,2-8H2,1H3. The van der Waals surface area contributed by atoms with Crippen molar-refractivity contribution in [3.05, 3.63) is 16.1 Å². The third-order valence-corrected chi connectivity index (χ3v) is 4.58. The van der Waals surface area contributed by atoms with Gasteiger partial charge in [-0.05, 0) is 25.2 Å². The van der Waals surface area contributed by atoms with Crippen molar-refractivity contribution in [1.29, 1.82) is 0 Å². The van der Waals surface area contributed by atoms with Crippen LogP contribution in [0.1, 0.15) is 36.9 Å². The molecule has 0 spiro atoms. The van der Waals surface area contributed by atoms with Gasteiger partial charge >= 0.3 is 0 Å². The number of likely N-dealkylation sites (tertiary alicyclic amines) is 1. The summed E-state index contributed by atoms with van der Waals surface area (Å²) in [6, 6.07) is 0. The molecule has 1 amide bonds. The molecule has 1 aliphatic heterocycles. The Morgan fingerprint density at radius 3 is 3.11 bits per heavy atom. The molecule has 0 aromatic carbocycles. The maximum atomic E-state index is 12.2. The third kappa shape index (κ3) is 3.69. The van der Waals surface area contributed by atoms with Gasteiger partial charge in [-0.3, -0.25) is 4.79 Å². The Bertz CT molecular complexity index is 407. The first-order chi connectivity index (χ1) is 8.69. The molecular weight excluding hydrogens is 268 g/mol. The van der Waals surface area contributed by atoms with Crippen molar-refractivity contribution >= 4 is 28.8 Å². The SMILES string of the molecule is CC1CCCN(C(=O)Cc2nc(CCl)cs2)CC1. The van der Waals surface area contributed by atoms with E-state index in [9.17, 15) is 4.79 Å². The molecule has 1 atom stereocenters. The fourth-order valence-electron chi connectivity index (χ4n) is 2.25. The predicted molar refractivity (Wildman–Crippen MR) is 75.0 cm³/mol. The monoisotopic (exact) mass is 286 g/mol. The van der Waals surface area contributed by atoms with Gasteiger partial charge < -0.3 is 4.90 Å². The summed E-state index contributed by atoms with van der Waals surface area (Å²) in [5, 5.41) is 2.81. The van der Waals surface area contributed by atoms with Crippen LogP contribution in [0.15, 0.2) is 5.38 Å². The van der Waals surface area contributed by atoms with Crippen molar-refractivity contribution in [3.8, 4) is 0 Å². The highest BCUT2D eigenvalue weighted by Gasteiger charge is 2.19. The van der Waals surface area contributed by atoms with Gasteiger partial charge in [0.1, 0.15) is 5.01 Å². The zero-order valence-electron chi connectivity index (χ0n) is 10.7. The molecule has 0 aliphatic carbocycles. The number of hydrogen-bond donors (Lipinski definition) is 0. The van der Waals surface area contributed by atoms with Crippen molar-refractivity contribution in [2.75, 3.05) is 13.1 Å². The molecule has 0 saturated carbocycles. The van der Waals surface area contributed by atoms with Crippen LogP contribution in [0.5, 0.6) is 0 Å². The summed E-state index contributed by atoms with van der Waals surface area (Å²) in [5.41, 5.74) is 0.869. The van der Waals surface area contributed by atoms with E-state index >= 15 is 0 Å². The number of hydrogen-bond acceptors (Lipinski definition) is 3.